The third-order valence-corrected chi connectivity index (χ3v) is 5.82. The summed E-state index contributed by atoms with van der Waals surface area (Å²) in [6.07, 6.45) is 8.02. The van der Waals surface area contributed by atoms with Crippen molar-refractivity contribution in [3.8, 4) is 0 Å². The molecule has 0 amide bonds. The third-order valence-electron chi connectivity index (χ3n) is 5.42. The zero-order chi connectivity index (χ0) is 14.9. The second-order valence-corrected chi connectivity index (χ2v) is 7.45. The van der Waals surface area contributed by atoms with E-state index in [0.717, 1.165) is 0 Å². The molecule has 0 spiro atoms. The number of hydrogen-bond donors (Lipinski definition) is 0. The van der Waals surface area contributed by atoms with Gasteiger partial charge in [0.05, 0.1) is 27.3 Å². The molecule has 0 aliphatic carbocycles. The van der Waals surface area contributed by atoms with Crippen molar-refractivity contribution in [2.24, 2.45) is 0 Å². The highest BCUT2D eigenvalue weighted by atomic mass is 28.1. The van der Waals surface area contributed by atoms with Gasteiger partial charge >= 0.3 is 0 Å². The third kappa shape index (κ3) is 2.51. The SMILES string of the molecule is [Si]c1ccc(N2CCCC2)c(N2CCCC2)c1N1CCCC1. The Kier molecular flexibility index (Phi) is 4.03. The fourth-order valence-electron chi connectivity index (χ4n) is 4.30. The molecule has 22 heavy (non-hydrogen) atoms. The van der Waals surface area contributed by atoms with Crippen LogP contribution in [0.15, 0.2) is 12.1 Å². The molecule has 3 nitrogen and oxygen atoms in total. The Bertz CT molecular complexity index is 527. The Balaban J connectivity index is 1.81. The molecule has 3 aliphatic rings. The highest BCUT2D eigenvalue weighted by Crippen LogP contribution is 2.41. The number of anilines is 3. The standard InChI is InChI=1S/C18H26N3Si/c22-16-8-7-15(19-9-1-2-10-19)17(20-11-3-4-12-20)18(16)21-13-5-6-14-21/h7-8H,1-6,9-14H2. The average molecular weight is 313 g/mol. The van der Waals surface area contributed by atoms with E-state index in [1.807, 2.05) is 0 Å². The lowest BCUT2D eigenvalue weighted by Crippen LogP contribution is -2.32. The monoisotopic (exact) mass is 312 g/mol. The van der Waals surface area contributed by atoms with Crippen LogP contribution in [-0.4, -0.2) is 49.5 Å². The summed E-state index contributed by atoms with van der Waals surface area (Å²) in [5.74, 6) is 0. The van der Waals surface area contributed by atoms with Crippen LogP contribution in [0.1, 0.15) is 38.5 Å². The Hall–Kier alpha value is -1.16. The Morgan fingerprint density at radius 1 is 0.591 bits per heavy atom. The summed E-state index contributed by atoms with van der Waals surface area (Å²) in [6, 6.07) is 4.62. The van der Waals surface area contributed by atoms with Gasteiger partial charge in [-0.2, -0.15) is 0 Å². The minimum atomic E-state index is 1.21. The zero-order valence-corrected chi connectivity index (χ0v) is 14.5. The minimum Gasteiger partial charge on any atom is -0.370 e. The first-order chi connectivity index (χ1) is 10.8. The molecule has 3 radical (unpaired) electrons. The Morgan fingerprint density at radius 3 is 1.59 bits per heavy atom. The summed E-state index contributed by atoms with van der Waals surface area (Å²) in [6.45, 7) is 7.31. The van der Waals surface area contributed by atoms with Gasteiger partial charge in [-0.3, -0.25) is 0 Å². The van der Waals surface area contributed by atoms with Crippen molar-refractivity contribution >= 4 is 32.5 Å². The van der Waals surface area contributed by atoms with E-state index in [-0.39, 0.29) is 0 Å². The molecule has 3 fully saturated rings. The van der Waals surface area contributed by atoms with E-state index >= 15 is 0 Å². The minimum absolute atomic E-state index is 1.21. The Labute approximate surface area is 137 Å². The molecule has 0 atom stereocenters. The number of hydrogen-bond acceptors (Lipinski definition) is 3. The molecule has 4 heteroatoms. The molecule has 3 aliphatic heterocycles. The summed E-state index contributed by atoms with van der Waals surface area (Å²) in [5, 5.41) is 1.27. The summed E-state index contributed by atoms with van der Waals surface area (Å²) < 4.78 is 0. The summed E-state index contributed by atoms with van der Waals surface area (Å²) in [4.78, 5) is 7.86. The molecule has 0 bridgehead atoms. The van der Waals surface area contributed by atoms with Gasteiger partial charge in [-0.15, -0.1) is 0 Å². The average Bonchev–Trinajstić information content (AvgIpc) is 3.28. The normalized spacial score (nSPS) is 22.1. The van der Waals surface area contributed by atoms with E-state index in [4.69, 9.17) is 0 Å². The van der Waals surface area contributed by atoms with Crippen molar-refractivity contribution in [3.05, 3.63) is 12.1 Å². The summed E-state index contributed by atoms with van der Waals surface area (Å²) in [5.41, 5.74) is 4.44. The number of nitrogens with zero attached hydrogens (tertiary/aromatic N) is 3. The topological polar surface area (TPSA) is 9.72 Å². The Morgan fingerprint density at radius 2 is 1.05 bits per heavy atom. The van der Waals surface area contributed by atoms with E-state index in [9.17, 15) is 0 Å². The summed E-state index contributed by atoms with van der Waals surface area (Å²) in [7, 11) is 3.92. The predicted molar refractivity (Wildman–Crippen MR) is 96.2 cm³/mol. The van der Waals surface area contributed by atoms with Crippen LogP contribution >= 0.6 is 0 Å². The molecule has 1 aromatic carbocycles. The van der Waals surface area contributed by atoms with Crippen LogP contribution in [-0.2, 0) is 0 Å². The molecule has 117 valence electrons. The first-order valence-electron chi connectivity index (χ1n) is 8.98. The van der Waals surface area contributed by atoms with Gasteiger partial charge in [0.25, 0.3) is 0 Å². The number of benzene rings is 1. The maximum atomic E-state index is 3.92. The summed E-state index contributed by atoms with van der Waals surface area (Å²) >= 11 is 0. The van der Waals surface area contributed by atoms with Crippen molar-refractivity contribution in [2.45, 2.75) is 38.5 Å². The van der Waals surface area contributed by atoms with Gasteiger partial charge in [0.2, 0.25) is 0 Å². The zero-order valence-electron chi connectivity index (χ0n) is 13.5. The van der Waals surface area contributed by atoms with Crippen LogP contribution in [0.5, 0.6) is 0 Å². The van der Waals surface area contributed by atoms with Gasteiger partial charge in [0.15, 0.2) is 0 Å². The fourth-order valence-corrected chi connectivity index (χ4v) is 4.66. The van der Waals surface area contributed by atoms with Gasteiger partial charge in [-0.1, -0.05) is 6.07 Å². The van der Waals surface area contributed by atoms with Crippen LogP contribution < -0.4 is 19.9 Å². The quantitative estimate of drug-likeness (QED) is 0.793. The van der Waals surface area contributed by atoms with Gasteiger partial charge in [0, 0.05) is 39.3 Å². The lowest BCUT2D eigenvalue weighted by atomic mass is 10.1. The van der Waals surface area contributed by atoms with Crippen molar-refractivity contribution in [1.29, 1.82) is 0 Å². The lowest BCUT2D eigenvalue weighted by molar-refractivity contribution is 0.907. The largest absolute Gasteiger partial charge is 0.370 e. The van der Waals surface area contributed by atoms with Crippen molar-refractivity contribution in [1.82, 2.24) is 0 Å². The van der Waals surface area contributed by atoms with Crippen LogP contribution in [0, 0.1) is 0 Å². The van der Waals surface area contributed by atoms with E-state index in [1.165, 1.54) is 100 Å². The van der Waals surface area contributed by atoms with Crippen LogP contribution in [0.25, 0.3) is 0 Å². The van der Waals surface area contributed by atoms with Crippen LogP contribution in [0.3, 0.4) is 0 Å². The molecule has 3 saturated heterocycles. The second-order valence-electron chi connectivity index (χ2n) is 6.91. The molecule has 1 aromatic rings. The van der Waals surface area contributed by atoms with E-state index in [2.05, 4.69) is 37.1 Å². The van der Waals surface area contributed by atoms with Crippen LogP contribution in [0.2, 0.25) is 0 Å². The molecule has 4 rings (SSSR count). The molecular formula is C18H26N3Si. The first-order valence-corrected chi connectivity index (χ1v) is 9.48. The van der Waals surface area contributed by atoms with Gasteiger partial charge in [0.1, 0.15) is 0 Å². The van der Waals surface area contributed by atoms with Gasteiger partial charge < -0.3 is 14.7 Å². The molecule has 0 unspecified atom stereocenters. The first kappa shape index (κ1) is 14.4. The van der Waals surface area contributed by atoms with Crippen LogP contribution in [0.4, 0.5) is 17.1 Å². The molecule has 0 saturated carbocycles. The van der Waals surface area contributed by atoms with Crippen molar-refractivity contribution < 1.29 is 0 Å². The highest BCUT2D eigenvalue weighted by molar-refractivity contribution is 6.37. The second kappa shape index (κ2) is 6.15. The van der Waals surface area contributed by atoms with Gasteiger partial charge in [-0.05, 0) is 49.8 Å². The lowest BCUT2D eigenvalue weighted by Gasteiger charge is -2.34. The van der Waals surface area contributed by atoms with Crippen molar-refractivity contribution in [3.63, 3.8) is 0 Å². The van der Waals surface area contributed by atoms with E-state index < -0.39 is 0 Å². The maximum absolute atomic E-state index is 3.92. The molecule has 0 N–H and O–H groups in total. The predicted octanol–water partition coefficient (Wildman–Crippen LogP) is 2.28. The molecule has 3 heterocycles. The van der Waals surface area contributed by atoms with Crippen molar-refractivity contribution in [2.75, 3.05) is 54.0 Å². The molecular weight excluding hydrogens is 286 g/mol. The maximum Gasteiger partial charge on any atom is 0.0840 e. The van der Waals surface area contributed by atoms with E-state index in [0.29, 0.717) is 0 Å². The van der Waals surface area contributed by atoms with E-state index in [1.54, 1.807) is 0 Å². The fraction of sp³-hybridized carbons (Fsp3) is 0.667. The smallest absolute Gasteiger partial charge is 0.0840 e. The number of rotatable bonds is 3. The highest BCUT2D eigenvalue weighted by Gasteiger charge is 2.28. The molecule has 0 aromatic heterocycles. The van der Waals surface area contributed by atoms with Gasteiger partial charge in [-0.25, -0.2) is 0 Å².